The van der Waals surface area contributed by atoms with Gasteiger partial charge in [0.05, 0.1) is 31.6 Å². The average Bonchev–Trinajstić information content (AvgIpc) is 3.86. The molecular weight excluding hydrogens is 650 g/mol. The molecule has 0 radical (unpaired) electrons. The Kier molecular flexibility index (Phi) is 7.87. The van der Waals surface area contributed by atoms with E-state index in [1.165, 1.54) is 29.4 Å². The van der Waals surface area contributed by atoms with Crippen molar-refractivity contribution >= 4 is 39.9 Å². The summed E-state index contributed by atoms with van der Waals surface area (Å²) < 4.78 is 14.3. The molecule has 0 amide bonds. The number of aromatic amines is 2. The van der Waals surface area contributed by atoms with Crippen molar-refractivity contribution in [2.75, 3.05) is 29.9 Å². The number of imidazole rings is 2. The molecular formula is C28H33N11O10. The number of hydrogen-bond donors (Lipinski definition) is 8. The second-order valence-corrected chi connectivity index (χ2v) is 12.0. The summed E-state index contributed by atoms with van der Waals surface area (Å²) in [7, 11) is 0. The number of aliphatic hydroxyl groups excluding tert-OH is 3. The number of nitrogens with zero attached hydrogens (tertiary/aromatic N) is 7. The number of fused-ring (bicyclic) bond motifs is 3. The normalized spacial score (nSPS) is 30.9. The second kappa shape index (κ2) is 11.9. The van der Waals surface area contributed by atoms with Gasteiger partial charge >= 0.3 is 0 Å². The third-order valence-corrected chi connectivity index (χ3v) is 8.67. The summed E-state index contributed by atoms with van der Waals surface area (Å²) >= 11 is 0. The van der Waals surface area contributed by atoms with Crippen molar-refractivity contribution in [1.82, 2.24) is 39.0 Å². The molecule has 0 spiro atoms. The molecule has 0 unspecified atom stereocenters. The van der Waals surface area contributed by atoms with Crippen LogP contribution >= 0.6 is 0 Å². The fraction of sp³-hybridized carbons (Fsp3) is 0.429. The molecule has 1 aromatic carbocycles. The first-order chi connectivity index (χ1) is 23.4. The third kappa shape index (κ3) is 5.19. The molecule has 3 saturated heterocycles. The van der Waals surface area contributed by atoms with Crippen LogP contribution in [0.2, 0.25) is 0 Å². The lowest BCUT2D eigenvalue weighted by molar-refractivity contribution is -0.144. The van der Waals surface area contributed by atoms with E-state index < -0.39 is 65.8 Å². The van der Waals surface area contributed by atoms with Crippen LogP contribution in [0.1, 0.15) is 26.3 Å². The first kappa shape index (κ1) is 32.5. The van der Waals surface area contributed by atoms with Crippen LogP contribution in [0.4, 0.5) is 17.6 Å². The van der Waals surface area contributed by atoms with Crippen LogP contribution in [0, 0.1) is 0 Å². The van der Waals surface area contributed by atoms with Crippen molar-refractivity contribution in [3.63, 3.8) is 0 Å². The fourth-order valence-electron chi connectivity index (χ4n) is 6.22. The van der Waals surface area contributed by atoms with Gasteiger partial charge in [0.15, 0.2) is 46.5 Å². The summed E-state index contributed by atoms with van der Waals surface area (Å²) in [4.78, 5) is 56.8. The van der Waals surface area contributed by atoms with Gasteiger partial charge in [0.1, 0.15) is 23.9 Å². The number of nitrogens with two attached hydrogens (primary N) is 2. The number of ether oxygens (including phenoxy) is 2. The molecule has 0 bridgehead atoms. The number of para-hydroxylation sites is 1. The SMILES string of the molecule is C[C@@]1(O)[C@H](O)[C@@H](CO)O[C@H]1n1cnc2c(=O)[nH]c(N)nc21.C[C@@]12ON(c3ccccc3)O[C@@H]1[C@@H](CO)O[C@H]2n1cnc2c(=O)[nH]c(N)nc21. The Bertz CT molecular complexity index is 2120. The van der Waals surface area contributed by atoms with E-state index >= 15 is 0 Å². The molecule has 8 atom stereocenters. The Morgan fingerprint density at radius 1 is 0.857 bits per heavy atom. The van der Waals surface area contributed by atoms with E-state index in [0.29, 0.717) is 5.69 Å². The Hall–Kier alpha value is -5.00. The quantitative estimate of drug-likeness (QED) is 0.0975. The Labute approximate surface area is 274 Å². The number of aromatic nitrogens is 8. The summed E-state index contributed by atoms with van der Waals surface area (Å²) in [6, 6.07) is 9.28. The number of nitrogen functional groups attached to an aromatic ring is 2. The number of H-pyrrole nitrogens is 2. The van der Waals surface area contributed by atoms with Crippen molar-refractivity contribution in [3.8, 4) is 0 Å². The summed E-state index contributed by atoms with van der Waals surface area (Å²) in [6.07, 6.45) is -2.64. The molecule has 8 rings (SSSR count). The molecule has 49 heavy (non-hydrogen) atoms. The number of rotatable bonds is 5. The van der Waals surface area contributed by atoms with Gasteiger partial charge in [-0.05, 0) is 26.0 Å². The maximum absolute atomic E-state index is 12.1. The van der Waals surface area contributed by atoms with Gasteiger partial charge in [-0.15, -0.1) is 5.23 Å². The van der Waals surface area contributed by atoms with E-state index in [0.717, 1.165) is 0 Å². The molecule has 3 aliphatic heterocycles. The van der Waals surface area contributed by atoms with E-state index in [1.54, 1.807) is 4.57 Å². The molecule has 3 fully saturated rings. The van der Waals surface area contributed by atoms with Crippen LogP contribution in [0.15, 0.2) is 52.6 Å². The molecule has 0 aliphatic carbocycles. The average molecular weight is 684 g/mol. The van der Waals surface area contributed by atoms with Crippen molar-refractivity contribution in [2.45, 2.75) is 61.9 Å². The van der Waals surface area contributed by atoms with Crippen molar-refractivity contribution in [1.29, 1.82) is 0 Å². The maximum atomic E-state index is 12.1. The minimum atomic E-state index is -1.69. The number of aliphatic hydroxyl groups is 4. The zero-order chi connectivity index (χ0) is 34.8. The Balaban J connectivity index is 0.000000161. The molecule has 10 N–H and O–H groups in total. The van der Waals surface area contributed by atoms with Crippen LogP contribution in [-0.4, -0.2) is 108 Å². The highest BCUT2D eigenvalue weighted by Gasteiger charge is 2.63. The van der Waals surface area contributed by atoms with Gasteiger partial charge in [0.2, 0.25) is 11.9 Å². The van der Waals surface area contributed by atoms with Gasteiger partial charge in [-0.25, -0.2) is 19.6 Å². The molecule has 5 aromatic rings. The van der Waals surface area contributed by atoms with E-state index in [4.69, 9.17) is 30.6 Å². The Morgan fingerprint density at radius 3 is 1.92 bits per heavy atom. The van der Waals surface area contributed by atoms with Gasteiger partial charge in [-0.2, -0.15) is 9.97 Å². The third-order valence-electron chi connectivity index (χ3n) is 8.67. The molecule has 7 heterocycles. The van der Waals surface area contributed by atoms with E-state index in [-0.39, 0.29) is 40.8 Å². The van der Waals surface area contributed by atoms with Crippen LogP contribution in [0.25, 0.3) is 22.3 Å². The van der Waals surface area contributed by atoms with Gasteiger partial charge in [0.25, 0.3) is 11.1 Å². The molecule has 260 valence electrons. The molecule has 3 aliphatic rings. The van der Waals surface area contributed by atoms with E-state index in [2.05, 4.69) is 29.9 Å². The second-order valence-electron chi connectivity index (χ2n) is 12.0. The topological polar surface area (TPSA) is 300 Å². The van der Waals surface area contributed by atoms with Gasteiger partial charge in [0, 0.05) is 0 Å². The smallest absolute Gasteiger partial charge is 0.280 e. The van der Waals surface area contributed by atoms with E-state index in [1.807, 2.05) is 37.3 Å². The standard InChI is InChI=1S/C17H18N6O5.C11H15N5O5/c1-17-12(27-23(28-17)9-5-3-2-4-6-9)10(7-24)26-15(17)22-8-19-11-13(22)20-16(18)21-14(11)25;1-11(20)6(18)4(2-17)21-9(11)16-3-13-5-7(16)14-10(12)15-8(5)19/h2-6,8,10,12,15,24H,7H2,1H3,(H3,18,20,21,25);3-4,6,9,17-18,20H,2H2,1H3,(H3,12,14,15,19)/t10-,12-,15-,17-;4-,6-,9-,11-/m11/s1. The van der Waals surface area contributed by atoms with Gasteiger partial charge < -0.3 is 41.4 Å². The molecule has 4 aromatic heterocycles. The monoisotopic (exact) mass is 683 g/mol. The predicted molar refractivity (Wildman–Crippen MR) is 167 cm³/mol. The summed E-state index contributed by atoms with van der Waals surface area (Å²) in [5.74, 6) is -0.140. The zero-order valence-corrected chi connectivity index (χ0v) is 25.9. The number of hydrogen-bond acceptors (Lipinski definition) is 17. The highest BCUT2D eigenvalue weighted by Crippen LogP contribution is 2.49. The van der Waals surface area contributed by atoms with Crippen LogP contribution in [0.5, 0.6) is 0 Å². The highest BCUT2D eigenvalue weighted by molar-refractivity contribution is 5.71. The van der Waals surface area contributed by atoms with Crippen molar-refractivity contribution in [3.05, 3.63) is 63.7 Å². The largest absolute Gasteiger partial charge is 0.394 e. The van der Waals surface area contributed by atoms with Crippen molar-refractivity contribution in [2.24, 2.45) is 0 Å². The lowest BCUT2D eigenvalue weighted by Gasteiger charge is -2.27. The van der Waals surface area contributed by atoms with Crippen LogP contribution < -0.4 is 27.8 Å². The summed E-state index contributed by atoms with van der Waals surface area (Å²) in [5.41, 5.74) is 8.74. The first-order valence-electron chi connectivity index (χ1n) is 15.0. The van der Waals surface area contributed by atoms with Crippen molar-refractivity contribution < 1.29 is 39.6 Å². The maximum Gasteiger partial charge on any atom is 0.280 e. The molecule has 21 heteroatoms. The van der Waals surface area contributed by atoms with Gasteiger partial charge in [-0.3, -0.25) is 28.7 Å². The number of benzene rings is 1. The summed E-state index contributed by atoms with van der Waals surface area (Å²) in [6.45, 7) is 2.44. The minimum absolute atomic E-state index is 0.0329. The van der Waals surface area contributed by atoms with Crippen LogP contribution in [-0.2, 0) is 19.1 Å². The molecule has 0 saturated carbocycles. The zero-order valence-electron chi connectivity index (χ0n) is 25.9. The van der Waals surface area contributed by atoms with E-state index in [9.17, 15) is 30.0 Å². The predicted octanol–water partition coefficient (Wildman–Crippen LogP) is -2.19. The van der Waals surface area contributed by atoms with Crippen LogP contribution in [0.3, 0.4) is 0 Å². The van der Waals surface area contributed by atoms with Gasteiger partial charge in [-0.1, -0.05) is 18.2 Å². The summed E-state index contributed by atoms with van der Waals surface area (Å²) in [5, 5.41) is 40.7. The fourth-order valence-corrected chi connectivity index (χ4v) is 6.22. The lowest BCUT2D eigenvalue weighted by atomic mass is 9.96. The highest BCUT2D eigenvalue weighted by atomic mass is 17.0. The Morgan fingerprint density at radius 2 is 1.39 bits per heavy atom. The first-order valence-corrected chi connectivity index (χ1v) is 15.0. The number of anilines is 3. The number of nitrogens with one attached hydrogen (secondary N) is 2. The minimum Gasteiger partial charge on any atom is -0.394 e. The molecule has 21 nitrogen and oxygen atoms in total. The lowest BCUT2D eigenvalue weighted by Crippen LogP contribution is -2.44.